The van der Waals surface area contributed by atoms with E-state index in [-0.39, 0.29) is 35.0 Å². The van der Waals surface area contributed by atoms with Crippen molar-refractivity contribution in [3.63, 3.8) is 0 Å². The van der Waals surface area contributed by atoms with Gasteiger partial charge in [-0.1, -0.05) is 6.07 Å². The van der Waals surface area contributed by atoms with Gasteiger partial charge in [-0.2, -0.15) is 13.2 Å². The number of rotatable bonds is 5. The van der Waals surface area contributed by atoms with Crippen LogP contribution in [0, 0.1) is 13.8 Å². The number of alkyl halides is 3. The quantitative estimate of drug-likeness (QED) is 0.480. The predicted octanol–water partition coefficient (Wildman–Crippen LogP) is 5.61. The predicted molar refractivity (Wildman–Crippen MR) is 119 cm³/mol. The zero-order valence-corrected chi connectivity index (χ0v) is 18.8. The fraction of sp³-hybridized carbons (Fsp3) is 0.360. The first-order valence-corrected chi connectivity index (χ1v) is 11.0. The summed E-state index contributed by atoms with van der Waals surface area (Å²) in [6.07, 6.45) is -2.03. The van der Waals surface area contributed by atoms with Crippen LogP contribution in [0.4, 0.5) is 13.2 Å². The van der Waals surface area contributed by atoms with Crippen molar-refractivity contribution in [1.82, 2.24) is 4.90 Å². The number of aryl methyl sites for hydroxylation is 2. The van der Waals surface area contributed by atoms with Gasteiger partial charge < -0.3 is 18.8 Å². The standard InChI is InChI=1S/C25H24F3NO5/c1-15-10-16(2)12-18(11-15)33-23-22(31)19-7-6-17(13-20(19)34-24(23)25(26,27)28)32-14-21(30)29-8-4-3-5-9-29/h6-7,10-13H,3-5,8-9,14H2,1-2H3. The lowest BCUT2D eigenvalue weighted by molar-refractivity contribution is -0.154. The SMILES string of the molecule is Cc1cc(C)cc(Oc2c(C(F)(F)F)oc3cc(OCC(=O)N4CCCCC4)ccc3c2=O)c1. The highest BCUT2D eigenvalue weighted by atomic mass is 19.4. The lowest BCUT2D eigenvalue weighted by atomic mass is 10.1. The molecule has 9 heteroatoms. The van der Waals surface area contributed by atoms with Crippen molar-refractivity contribution < 1.29 is 31.9 Å². The second kappa shape index (κ2) is 9.40. The van der Waals surface area contributed by atoms with Crippen LogP contribution in [0.3, 0.4) is 0 Å². The summed E-state index contributed by atoms with van der Waals surface area (Å²) in [7, 11) is 0. The van der Waals surface area contributed by atoms with Crippen LogP contribution in [0.15, 0.2) is 45.6 Å². The Morgan fingerprint density at radius 2 is 1.68 bits per heavy atom. The molecule has 0 N–H and O–H groups in total. The molecule has 180 valence electrons. The van der Waals surface area contributed by atoms with E-state index in [4.69, 9.17) is 13.9 Å². The zero-order chi connectivity index (χ0) is 24.5. The van der Waals surface area contributed by atoms with Crippen LogP contribution in [0.2, 0.25) is 0 Å². The summed E-state index contributed by atoms with van der Waals surface area (Å²) in [5.41, 5.74) is 0.279. The number of carbonyl (C=O) groups excluding carboxylic acids is 1. The maximum atomic E-state index is 13.8. The van der Waals surface area contributed by atoms with E-state index in [1.54, 1.807) is 18.7 Å². The highest BCUT2D eigenvalue weighted by Gasteiger charge is 2.40. The Kier molecular flexibility index (Phi) is 6.54. The molecule has 1 amide bonds. The molecular formula is C25H24F3NO5. The van der Waals surface area contributed by atoms with Crippen LogP contribution < -0.4 is 14.9 Å². The van der Waals surface area contributed by atoms with Crippen molar-refractivity contribution in [1.29, 1.82) is 0 Å². The van der Waals surface area contributed by atoms with E-state index in [9.17, 15) is 22.8 Å². The molecule has 2 heterocycles. The molecule has 0 radical (unpaired) electrons. The number of hydrogen-bond acceptors (Lipinski definition) is 5. The molecule has 6 nitrogen and oxygen atoms in total. The topological polar surface area (TPSA) is 69.0 Å². The molecule has 1 aromatic heterocycles. The molecule has 1 aliphatic rings. The molecule has 0 spiro atoms. The maximum Gasteiger partial charge on any atom is 0.453 e. The molecule has 0 aliphatic carbocycles. The van der Waals surface area contributed by atoms with E-state index in [1.807, 2.05) is 6.07 Å². The van der Waals surface area contributed by atoms with Gasteiger partial charge in [-0.15, -0.1) is 0 Å². The Balaban J connectivity index is 1.66. The van der Waals surface area contributed by atoms with Gasteiger partial charge in [0.25, 0.3) is 11.7 Å². The van der Waals surface area contributed by atoms with Gasteiger partial charge in [0.05, 0.1) is 5.39 Å². The summed E-state index contributed by atoms with van der Waals surface area (Å²) in [5.74, 6) is -2.44. The van der Waals surface area contributed by atoms with Crippen molar-refractivity contribution >= 4 is 16.9 Å². The molecule has 0 bridgehead atoms. The van der Waals surface area contributed by atoms with Crippen molar-refractivity contribution in [3.05, 3.63) is 63.5 Å². The molecule has 4 rings (SSSR count). The number of carbonyl (C=O) groups is 1. The third-order valence-electron chi connectivity index (χ3n) is 5.57. The molecule has 1 saturated heterocycles. The molecule has 1 aliphatic heterocycles. The Bertz CT molecular complexity index is 1260. The van der Waals surface area contributed by atoms with Crippen LogP contribution in [-0.4, -0.2) is 30.5 Å². The summed E-state index contributed by atoms with van der Waals surface area (Å²) >= 11 is 0. The first kappa shape index (κ1) is 23.7. The Morgan fingerprint density at radius 1 is 1.00 bits per heavy atom. The average Bonchev–Trinajstić information content (AvgIpc) is 2.78. The van der Waals surface area contributed by atoms with Crippen LogP contribution >= 0.6 is 0 Å². The first-order valence-electron chi connectivity index (χ1n) is 11.0. The van der Waals surface area contributed by atoms with Crippen molar-refractivity contribution in [2.75, 3.05) is 19.7 Å². The lowest BCUT2D eigenvalue weighted by Crippen LogP contribution is -2.38. The van der Waals surface area contributed by atoms with Crippen LogP contribution in [0.25, 0.3) is 11.0 Å². The molecule has 2 aromatic carbocycles. The zero-order valence-electron chi connectivity index (χ0n) is 18.8. The van der Waals surface area contributed by atoms with Crippen molar-refractivity contribution in [2.45, 2.75) is 39.3 Å². The number of ether oxygens (including phenoxy) is 2. The van der Waals surface area contributed by atoms with Crippen LogP contribution in [-0.2, 0) is 11.0 Å². The minimum atomic E-state index is -4.97. The molecule has 1 fully saturated rings. The van der Waals surface area contributed by atoms with Crippen LogP contribution in [0.5, 0.6) is 17.2 Å². The summed E-state index contributed by atoms with van der Waals surface area (Å²) in [4.78, 5) is 27.0. The minimum absolute atomic E-state index is 0.0953. The fourth-order valence-electron chi connectivity index (χ4n) is 4.01. The van der Waals surface area contributed by atoms with E-state index in [1.165, 1.54) is 30.3 Å². The largest absolute Gasteiger partial charge is 0.484 e. The van der Waals surface area contributed by atoms with Crippen molar-refractivity contribution in [2.24, 2.45) is 0 Å². The third-order valence-corrected chi connectivity index (χ3v) is 5.57. The smallest absolute Gasteiger partial charge is 0.453 e. The van der Waals surface area contributed by atoms with Gasteiger partial charge in [0.1, 0.15) is 17.1 Å². The van der Waals surface area contributed by atoms with E-state index >= 15 is 0 Å². The van der Waals surface area contributed by atoms with E-state index in [0.717, 1.165) is 30.4 Å². The molecule has 3 aromatic rings. The van der Waals surface area contributed by atoms with E-state index in [2.05, 4.69) is 0 Å². The number of hydrogen-bond donors (Lipinski definition) is 0. The Labute approximate surface area is 193 Å². The molecule has 0 saturated carbocycles. The lowest BCUT2D eigenvalue weighted by Gasteiger charge is -2.26. The molecule has 0 unspecified atom stereocenters. The van der Waals surface area contributed by atoms with Gasteiger partial charge >= 0.3 is 6.18 Å². The number of halogens is 3. The van der Waals surface area contributed by atoms with Gasteiger partial charge in [-0.3, -0.25) is 9.59 Å². The Morgan fingerprint density at radius 3 is 2.32 bits per heavy atom. The summed E-state index contributed by atoms with van der Waals surface area (Å²) in [6, 6.07) is 8.79. The summed E-state index contributed by atoms with van der Waals surface area (Å²) in [6.45, 7) is 4.60. The summed E-state index contributed by atoms with van der Waals surface area (Å²) < 4.78 is 57.3. The molecular weight excluding hydrogens is 451 g/mol. The number of amides is 1. The monoisotopic (exact) mass is 475 g/mol. The van der Waals surface area contributed by atoms with Gasteiger partial charge in [-0.25, -0.2) is 0 Å². The number of fused-ring (bicyclic) bond motifs is 1. The number of likely N-dealkylation sites (tertiary alicyclic amines) is 1. The Hall–Kier alpha value is -3.49. The van der Waals surface area contributed by atoms with Crippen LogP contribution in [0.1, 0.15) is 36.1 Å². The van der Waals surface area contributed by atoms with Crippen molar-refractivity contribution in [3.8, 4) is 17.2 Å². The summed E-state index contributed by atoms with van der Waals surface area (Å²) in [5, 5.41) is -0.0953. The number of benzene rings is 2. The normalized spacial score (nSPS) is 14.3. The number of nitrogens with zero attached hydrogens (tertiary/aromatic N) is 1. The second-order valence-electron chi connectivity index (χ2n) is 8.40. The fourth-order valence-corrected chi connectivity index (χ4v) is 4.01. The first-order chi connectivity index (χ1) is 16.1. The van der Waals surface area contributed by atoms with Gasteiger partial charge in [-0.05, 0) is 68.5 Å². The highest BCUT2D eigenvalue weighted by molar-refractivity contribution is 5.81. The highest BCUT2D eigenvalue weighted by Crippen LogP contribution is 2.39. The van der Waals surface area contributed by atoms with Gasteiger partial charge in [0.2, 0.25) is 11.2 Å². The maximum absolute atomic E-state index is 13.8. The molecule has 0 atom stereocenters. The molecule has 34 heavy (non-hydrogen) atoms. The second-order valence-corrected chi connectivity index (χ2v) is 8.40. The van der Waals surface area contributed by atoms with Gasteiger partial charge in [0.15, 0.2) is 6.61 Å². The average molecular weight is 475 g/mol. The minimum Gasteiger partial charge on any atom is -0.484 e. The van der Waals surface area contributed by atoms with E-state index in [0.29, 0.717) is 13.1 Å². The van der Waals surface area contributed by atoms with E-state index < -0.39 is 23.1 Å². The number of piperidine rings is 1. The third kappa shape index (κ3) is 5.18. The van der Waals surface area contributed by atoms with Gasteiger partial charge in [0, 0.05) is 19.2 Å².